The quantitative estimate of drug-likeness (QED) is 0.649. The molecule has 3 aromatic carbocycles. The van der Waals surface area contributed by atoms with Gasteiger partial charge in [-0.15, -0.1) is 0 Å². The fourth-order valence-electron chi connectivity index (χ4n) is 3.30. The summed E-state index contributed by atoms with van der Waals surface area (Å²) in [6, 6.07) is 14.4. The van der Waals surface area contributed by atoms with Crippen LogP contribution in [0.4, 0.5) is 5.69 Å². The lowest BCUT2D eigenvalue weighted by Gasteiger charge is -2.17. The molecule has 1 unspecified atom stereocenters. The minimum absolute atomic E-state index is 0.0287. The highest BCUT2D eigenvalue weighted by atomic mass is 16.5. The molecule has 0 aliphatic carbocycles. The summed E-state index contributed by atoms with van der Waals surface area (Å²) in [5, 5.41) is 14.6. The molecule has 0 aromatic heterocycles. The van der Waals surface area contributed by atoms with Crippen LogP contribution in [-0.4, -0.2) is 23.1 Å². The number of phenolic OH excluding ortho intramolecular Hbond substituents is 1. The summed E-state index contributed by atoms with van der Waals surface area (Å²) >= 11 is 0. The van der Waals surface area contributed by atoms with E-state index in [1.54, 1.807) is 18.2 Å². The summed E-state index contributed by atoms with van der Waals surface area (Å²) < 4.78 is 5.29. The van der Waals surface area contributed by atoms with Gasteiger partial charge in [-0.05, 0) is 50.3 Å². The topological polar surface area (TPSA) is 75.6 Å². The van der Waals surface area contributed by atoms with Crippen LogP contribution in [0.2, 0.25) is 0 Å². The molecule has 28 heavy (non-hydrogen) atoms. The molecule has 0 saturated carbocycles. The van der Waals surface area contributed by atoms with Gasteiger partial charge in [0, 0.05) is 11.1 Å². The van der Waals surface area contributed by atoms with Gasteiger partial charge in [0.25, 0.3) is 5.91 Å². The molecule has 0 spiro atoms. The van der Waals surface area contributed by atoms with Crippen molar-refractivity contribution in [2.45, 2.75) is 33.8 Å². The largest absolute Gasteiger partial charge is 0.506 e. The summed E-state index contributed by atoms with van der Waals surface area (Å²) in [4.78, 5) is 25.0. The van der Waals surface area contributed by atoms with Crippen molar-refractivity contribution in [2.24, 2.45) is 0 Å². The molecule has 144 valence electrons. The van der Waals surface area contributed by atoms with Crippen LogP contribution in [0.25, 0.3) is 10.8 Å². The Hall–Kier alpha value is -3.34. The Labute approximate surface area is 164 Å². The molecule has 0 aliphatic rings. The van der Waals surface area contributed by atoms with Crippen molar-refractivity contribution in [2.75, 3.05) is 5.32 Å². The van der Waals surface area contributed by atoms with Gasteiger partial charge < -0.3 is 15.2 Å². The van der Waals surface area contributed by atoms with E-state index < -0.39 is 18.0 Å². The predicted molar refractivity (Wildman–Crippen MR) is 110 cm³/mol. The number of phenols is 1. The van der Waals surface area contributed by atoms with E-state index in [0.717, 1.165) is 22.1 Å². The molecule has 3 rings (SSSR count). The number of nitrogens with one attached hydrogen (secondary N) is 1. The van der Waals surface area contributed by atoms with Crippen molar-refractivity contribution >= 4 is 28.3 Å². The zero-order chi connectivity index (χ0) is 20.4. The summed E-state index contributed by atoms with van der Waals surface area (Å²) in [6.07, 6.45) is -1.02. The summed E-state index contributed by atoms with van der Waals surface area (Å²) in [5.41, 5.74) is 3.74. The number of esters is 1. The zero-order valence-corrected chi connectivity index (χ0v) is 16.4. The molecule has 1 amide bonds. The zero-order valence-electron chi connectivity index (χ0n) is 16.4. The Morgan fingerprint density at radius 1 is 1.00 bits per heavy atom. The van der Waals surface area contributed by atoms with E-state index >= 15 is 0 Å². The SMILES string of the molecule is Cc1cc(C)c(NC(=O)C(C)OC(=O)c2ccc3ccccc3c2O)c(C)c1. The number of ether oxygens (including phenoxy) is 1. The van der Waals surface area contributed by atoms with Gasteiger partial charge in [-0.2, -0.15) is 0 Å². The minimum atomic E-state index is -1.02. The average molecular weight is 377 g/mol. The highest BCUT2D eigenvalue weighted by Gasteiger charge is 2.22. The number of aryl methyl sites for hydroxylation is 3. The summed E-state index contributed by atoms with van der Waals surface area (Å²) in [5.74, 6) is -1.33. The summed E-state index contributed by atoms with van der Waals surface area (Å²) in [7, 11) is 0. The standard InChI is InChI=1S/C23H23NO4/c1-13-11-14(2)20(15(3)12-13)24-22(26)16(4)28-23(27)19-10-9-17-7-5-6-8-18(17)21(19)25/h5-12,16,25H,1-4H3,(H,24,26). The highest BCUT2D eigenvalue weighted by Crippen LogP contribution is 2.29. The first kappa shape index (κ1) is 19.4. The normalized spacial score (nSPS) is 11.9. The van der Waals surface area contributed by atoms with E-state index in [2.05, 4.69) is 5.32 Å². The van der Waals surface area contributed by atoms with Crippen molar-refractivity contribution < 1.29 is 19.4 Å². The van der Waals surface area contributed by atoms with E-state index in [1.807, 2.05) is 45.0 Å². The maximum atomic E-state index is 12.5. The first-order chi connectivity index (χ1) is 13.3. The van der Waals surface area contributed by atoms with E-state index in [-0.39, 0.29) is 11.3 Å². The number of amides is 1. The minimum Gasteiger partial charge on any atom is -0.506 e. The molecule has 1 atom stereocenters. The molecule has 2 N–H and O–H groups in total. The number of rotatable bonds is 4. The van der Waals surface area contributed by atoms with Gasteiger partial charge in [-0.1, -0.05) is 48.0 Å². The van der Waals surface area contributed by atoms with Crippen LogP contribution in [0, 0.1) is 20.8 Å². The molecular weight excluding hydrogens is 354 g/mol. The Morgan fingerprint density at radius 3 is 2.32 bits per heavy atom. The molecule has 0 heterocycles. The third-order valence-electron chi connectivity index (χ3n) is 4.70. The molecular formula is C23H23NO4. The number of hydrogen-bond donors (Lipinski definition) is 2. The second-order valence-electron chi connectivity index (χ2n) is 6.99. The Bertz CT molecular complexity index is 1050. The van der Waals surface area contributed by atoms with Crippen LogP contribution in [0.15, 0.2) is 48.5 Å². The van der Waals surface area contributed by atoms with E-state index in [9.17, 15) is 14.7 Å². The fraction of sp³-hybridized carbons (Fsp3) is 0.217. The van der Waals surface area contributed by atoms with Crippen molar-refractivity contribution in [3.63, 3.8) is 0 Å². The first-order valence-electron chi connectivity index (χ1n) is 9.08. The van der Waals surface area contributed by atoms with E-state index in [4.69, 9.17) is 4.74 Å². The van der Waals surface area contributed by atoms with E-state index in [0.29, 0.717) is 11.1 Å². The number of fused-ring (bicyclic) bond motifs is 1. The Morgan fingerprint density at radius 2 is 1.64 bits per heavy atom. The third-order valence-corrected chi connectivity index (χ3v) is 4.70. The van der Waals surface area contributed by atoms with Crippen LogP contribution in [0.5, 0.6) is 5.75 Å². The third kappa shape index (κ3) is 3.83. The molecule has 0 saturated heterocycles. The van der Waals surface area contributed by atoms with E-state index in [1.165, 1.54) is 13.0 Å². The van der Waals surface area contributed by atoms with Crippen LogP contribution in [0.3, 0.4) is 0 Å². The van der Waals surface area contributed by atoms with Gasteiger partial charge in [0.15, 0.2) is 6.10 Å². The number of carbonyl (C=O) groups excluding carboxylic acids is 2. The number of carbonyl (C=O) groups is 2. The van der Waals surface area contributed by atoms with Gasteiger partial charge in [-0.25, -0.2) is 4.79 Å². The number of aromatic hydroxyl groups is 1. The number of anilines is 1. The van der Waals surface area contributed by atoms with Crippen LogP contribution in [-0.2, 0) is 9.53 Å². The van der Waals surface area contributed by atoms with Crippen molar-refractivity contribution in [1.82, 2.24) is 0 Å². The van der Waals surface area contributed by atoms with Crippen LogP contribution >= 0.6 is 0 Å². The Balaban J connectivity index is 1.76. The maximum absolute atomic E-state index is 12.5. The second kappa shape index (κ2) is 7.72. The van der Waals surface area contributed by atoms with Gasteiger partial charge in [0.1, 0.15) is 11.3 Å². The molecule has 0 aliphatic heterocycles. The summed E-state index contributed by atoms with van der Waals surface area (Å²) in [6.45, 7) is 7.33. The smallest absolute Gasteiger partial charge is 0.342 e. The van der Waals surface area contributed by atoms with Crippen molar-refractivity contribution in [1.29, 1.82) is 0 Å². The lowest BCUT2D eigenvalue weighted by atomic mass is 10.0. The van der Waals surface area contributed by atoms with Crippen LogP contribution < -0.4 is 5.32 Å². The van der Waals surface area contributed by atoms with Gasteiger partial charge in [0.2, 0.25) is 0 Å². The molecule has 0 fully saturated rings. The van der Waals surface area contributed by atoms with Crippen LogP contribution in [0.1, 0.15) is 34.0 Å². The van der Waals surface area contributed by atoms with Gasteiger partial charge in [0.05, 0.1) is 0 Å². The molecule has 0 bridgehead atoms. The lowest BCUT2D eigenvalue weighted by Crippen LogP contribution is -2.30. The number of hydrogen-bond acceptors (Lipinski definition) is 4. The second-order valence-corrected chi connectivity index (χ2v) is 6.99. The monoisotopic (exact) mass is 377 g/mol. The molecule has 5 nitrogen and oxygen atoms in total. The number of benzene rings is 3. The predicted octanol–water partition coefficient (Wildman–Crippen LogP) is 4.65. The highest BCUT2D eigenvalue weighted by molar-refractivity contribution is 6.03. The first-order valence-corrected chi connectivity index (χ1v) is 9.08. The maximum Gasteiger partial charge on any atom is 0.342 e. The van der Waals surface area contributed by atoms with Gasteiger partial charge in [-0.3, -0.25) is 4.79 Å². The van der Waals surface area contributed by atoms with Crippen molar-refractivity contribution in [3.8, 4) is 5.75 Å². The molecule has 3 aromatic rings. The lowest BCUT2D eigenvalue weighted by molar-refractivity contribution is -0.123. The molecule has 0 radical (unpaired) electrons. The average Bonchev–Trinajstić information content (AvgIpc) is 2.64. The molecule has 5 heteroatoms. The fourth-order valence-corrected chi connectivity index (χ4v) is 3.30. The Kier molecular flexibility index (Phi) is 5.36. The van der Waals surface area contributed by atoms with Crippen molar-refractivity contribution in [3.05, 3.63) is 70.8 Å². The van der Waals surface area contributed by atoms with Gasteiger partial charge >= 0.3 is 5.97 Å².